The molecule has 0 atom stereocenters. The van der Waals surface area contributed by atoms with E-state index in [9.17, 15) is 4.79 Å². The van der Waals surface area contributed by atoms with E-state index in [1.807, 2.05) is 13.0 Å². The molecule has 1 heterocycles. The molecule has 0 aliphatic rings. The van der Waals surface area contributed by atoms with Crippen LogP contribution in [0.15, 0.2) is 16.9 Å². The van der Waals surface area contributed by atoms with Crippen molar-refractivity contribution in [2.45, 2.75) is 20.3 Å². The van der Waals surface area contributed by atoms with Crippen LogP contribution in [0.1, 0.15) is 19.0 Å². The first-order valence-corrected chi connectivity index (χ1v) is 6.73. The van der Waals surface area contributed by atoms with Gasteiger partial charge in [-0.25, -0.2) is 4.98 Å². The molecule has 0 amide bonds. The van der Waals surface area contributed by atoms with E-state index < -0.39 is 0 Å². The molecule has 0 aliphatic carbocycles. The summed E-state index contributed by atoms with van der Waals surface area (Å²) in [6.45, 7) is 5.89. The first kappa shape index (κ1) is 14.3. The predicted molar refractivity (Wildman–Crippen MR) is 81.1 cm³/mol. The zero-order valence-corrected chi connectivity index (χ0v) is 11.8. The number of aromatic amines is 1. The number of nitrogen functional groups attached to an aromatic ring is 1. The third kappa shape index (κ3) is 3.27. The second-order valence-electron chi connectivity index (χ2n) is 4.59. The third-order valence-electron chi connectivity index (χ3n) is 3.02. The van der Waals surface area contributed by atoms with E-state index in [0.717, 1.165) is 37.4 Å². The number of H-pyrrole nitrogens is 1. The molecule has 1 aromatic carbocycles. The van der Waals surface area contributed by atoms with Crippen LogP contribution < -0.4 is 16.6 Å². The quantitative estimate of drug-likeness (QED) is 0.551. The van der Waals surface area contributed by atoms with Gasteiger partial charge in [-0.2, -0.15) is 0 Å². The Labute approximate surface area is 117 Å². The summed E-state index contributed by atoms with van der Waals surface area (Å²) >= 11 is 0. The van der Waals surface area contributed by atoms with Gasteiger partial charge in [-0.15, -0.1) is 0 Å². The number of nitrogens with one attached hydrogen (secondary N) is 2. The SMILES string of the molecule is CCOCCCNc1cc2nc(C)c(=O)[nH]c2cc1N. The summed E-state index contributed by atoms with van der Waals surface area (Å²) in [5.41, 5.74) is 9.03. The van der Waals surface area contributed by atoms with Crippen molar-refractivity contribution in [1.29, 1.82) is 0 Å². The maximum atomic E-state index is 11.5. The highest BCUT2D eigenvalue weighted by atomic mass is 16.5. The van der Waals surface area contributed by atoms with Crippen molar-refractivity contribution in [2.24, 2.45) is 0 Å². The Morgan fingerprint density at radius 1 is 1.45 bits per heavy atom. The van der Waals surface area contributed by atoms with Gasteiger partial charge in [-0.05, 0) is 32.4 Å². The average molecular weight is 276 g/mol. The van der Waals surface area contributed by atoms with Gasteiger partial charge in [0.25, 0.3) is 5.56 Å². The number of benzene rings is 1. The Balaban J connectivity index is 2.15. The fourth-order valence-electron chi connectivity index (χ4n) is 1.94. The molecule has 6 nitrogen and oxygen atoms in total. The van der Waals surface area contributed by atoms with E-state index in [1.54, 1.807) is 13.0 Å². The molecular weight excluding hydrogens is 256 g/mol. The lowest BCUT2D eigenvalue weighted by molar-refractivity contribution is 0.147. The van der Waals surface area contributed by atoms with E-state index in [2.05, 4.69) is 15.3 Å². The van der Waals surface area contributed by atoms with Gasteiger partial charge in [-0.3, -0.25) is 4.79 Å². The van der Waals surface area contributed by atoms with Gasteiger partial charge in [0, 0.05) is 19.8 Å². The van der Waals surface area contributed by atoms with Gasteiger partial charge in [0.1, 0.15) is 5.69 Å². The molecule has 2 rings (SSSR count). The summed E-state index contributed by atoms with van der Waals surface area (Å²) in [7, 11) is 0. The van der Waals surface area contributed by atoms with Gasteiger partial charge >= 0.3 is 0 Å². The van der Waals surface area contributed by atoms with E-state index in [1.165, 1.54) is 0 Å². The minimum atomic E-state index is -0.186. The molecule has 0 unspecified atom stereocenters. The number of nitrogens with zero attached hydrogens (tertiary/aromatic N) is 1. The van der Waals surface area contributed by atoms with Crippen molar-refractivity contribution in [3.63, 3.8) is 0 Å². The second kappa shape index (κ2) is 6.38. The fraction of sp³-hybridized carbons (Fsp3) is 0.429. The molecule has 0 spiro atoms. The summed E-state index contributed by atoms with van der Waals surface area (Å²) in [4.78, 5) is 18.5. The molecule has 0 saturated carbocycles. The normalized spacial score (nSPS) is 10.9. The number of fused-ring (bicyclic) bond motifs is 1. The molecule has 0 radical (unpaired) electrons. The Bertz CT molecular complexity index is 651. The maximum Gasteiger partial charge on any atom is 0.269 e. The van der Waals surface area contributed by atoms with Gasteiger partial charge in [-0.1, -0.05) is 0 Å². The predicted octanol–water partition coefficient (Wildman–Crippen LogP) is 1.65. The van der Waals surface area contributed by atoms with Gasteiger partial charge in [0.05, 0.1) is 22.4 Å². The average Bonchev–Trinajstić information content (AvgIpc) is 2.41. The highest BCUT2D eigenvalue weighted by Crippen LogP contribution is 2.23. The zero-order valence-electron chi connectivity index (χ0n) is 11.8. The number of anilines is 2. The maximum absolute atomic E-state index is 11.5. The van der Waals surface area contributed by atoms with Crippen molar-refractivity contribution in [3.8, 4) is 0 Å². The number of rotatable bonds is 6. The van der Waals surface area contributed by atoms with Crippen LogP contribution in [-0.4, -0.2) is 29.7 Å². The number of nitrogens with two attached hydrogens (primary N) is 1. The highest BCUT2D eigenvalue weighted by Gasteiger charge is 2.05. The van der Waals surface area contributed by atoms with Crippen molar-refractivity contribution in [2.75, 3.05) is 30.8 Å². The van der Waals surface area contributed by atoms with Crippen molar-refractivity contribution >= 4 is 22.4 Å². The van der Waals surface area contributed by atoms with Crippen LogP contribution in [0.4, 0.5) is 11.4 Å². The molecule has 0 saturated heterocycles. The van der Waals surface area contributed by atoms with Crippen LogP contribution in [0.5, 0.6) is 0 Å². The second-order valence-corrected chi connectivity index (χ2v) is 4.59. The zero-order chi connectivity index (χ0) is 14.5. The Morgan fingerprint density at radius 3 is 3.00 bits per heavy atom. The molecule has 20 heavy (non-hydrogen) atoms. The minimum absolute atomic E-state index is 0.186. The summed E-state index contributed by atoms with van der Waals surface area (Å²) in [5.74, 6) is 0. The number of ether oxygens (including phenoxy) is 1. The van der Waals surface area contributed by atoms with Crippen molar-refractivity contribution in [1.82, 2.24) is 9.97 Å². The third-order valence-corrected chi connectivity index (χ3v) is 3.02. The van der Waals surface area contributed by atoms with E-state index in [-0.39, 0.29) is 5.56 Å². The molecule has 108 valence electrons. The van der Waals surface area contributed by atoms with E-state index in [0.29, 0.717) is 16.9 Å². The smallest absolute Gasteiger partial charge is 0.269 e. The Kier molecular flexibility index (Phi) is 4.57. The standard InChI is InChI=1S/C14H20N4O2/c1-3-20-6-4-5-16-11-8-13-12(7-10(11)15)18-14(19)9(2)17-13/h7-8,16H,3-6,15H2,1-2H3,(H,18,19). The topological polar surface area (TPSA) is 93.0 Å². The highest BCUT2D eigenvalue weighted by molar-refractivity contribution is 5.86. The first-order chi connectivity index (χ1) is 9.61. The lowest BCUT2D eigenvalue weighted by Crippen LogP contribution is -2.12. The Morgan fingerprint density at radius 2 is 2.25 bits per heavy atom. The lowest BCUT2D eigenvalue weighted by atomic mass is 10.2. The van der Waals surface area contributed by atoms with Crippen LogP contribution >= 0.6 is 0 Å². The molecule has 6 heteroatoms. The van der Waals surface area contributed by atoms with Gasteiger partial charge in [0.2, 0.25) is 0 Å². The summed E-state index contributed by atoms with van der Waals surface area (Å²) in [5, 5.41) is 3.26. The van der Waals surface area contributed by atoms with E-state index >= 15 is 0 Å². The first-order valence-electron chi connectivity index (χ1n) is 6.73. The Hall–Kier alpha value is -2.08. The van der Waals surface area contributed by atoms with Crippen LogP contribution in [0.3, 0.4) is 0 Å². The molecule has 0 fully saturated rings. The molecule has 1 aromatic heterocycles. The fourth-order valence-corrected chi connectivity index (χ4v) is 1.94. The number of hydrogen-bond donors (Lipinski definition) is 3. The molecule has 0 aliphatic heterocycles. The summed E-state index contributed by atoms with van der Waals surface area (Å²) in [6, 6.07) is 3.59. The molecule has 0 bridgehead atoms. The minimum Gasteiger partial charge on any atom is -0.397 e. The largest absolute Gasteiger partial charge is 0.397 e. The van der Waals surface area contributed by atoms with Crippen LogP contribution in [0, 0.1) is 6.92 Å². The molecular formula is C14H20N4O2. The summed E-state index contributed by atoms with van der Waals surface area (Å²) in [6.07, 6.45) is 0.906. The molecule has 2 aromatic rings. The number of aromatic nitrogens is 2. The van der Waals surface area contributed by atoms with Crippen molar-refractivity contribution in [3.05, 3.63) is 28.2 Å². The van der Waals surface area contributed by atoms with Gasteiger partial charge in [0.15, 0.2) is 0 Å². The van der Waals surface area contributed by atoms with Crippen LogP contribution in [-0.2, 0) is 4.74 Å². The lowest BCUT2D eigenvalue weighted by Gasteiger charge is -2.10. The van der Waals surface area contributed by atoms with Crippen LogP contribution in [0.2, 0.25) is 0 Å². The van der Waals surface area contributed by atoms with E-state index in [4.69, 9.17) is 10.5 Å². The number of hydrogen-bond acceptors (Lipinski definition) is 5. The van der Waals surface area contributed by atoms with Crippen molar-refractivity contribution < 1.29 is 4.74 Å². The number of aryl methyl sites for hydroxylation is 1. The van der Waals surface area contributed by atoms with Crippen LogP contribution in [0.25, 0.3) is 11.0 Å². The molecule has 4 N–H and O–H groups in total. The summed E-state index contributed by atoms with van der Waals surface area (Å²) < 4.78 is 5.28. The van der Waals surface area contributed by atoms with Gasteiger partial charge < -0.3 is 20.8 Å². The monoisotopic (exact) mass is 276 g/mol.